The Kier molecular flexibility index (Phi) is 4.60. The molecule has 0 saturated heterocycles. The molecule has 0 fully saturated rings. The van der Waals surface area contributed by atoms with E-state index in [1.165, 1.54) is 11.7 Å². The molecular weight excluding hydrogens is 295 g/mol. The fraction of sp³-hybridized carbons (Fsp3) is 0.571. The van der Waals surface area contributed by atoms with Crippen molar-refractivity contribution in [2.45, 2.75) is 46.1 Å². The van der Waals surface area contributed by atoms with Gasteiger partial charge in [0.1, 0.15) is 0 Å². The molecule has 2 heterocycles. The first-order chi connectivity index (χ1) is 10.2. The van der Waals surface area contributed by atoms with Crippen LogP contribution in [0.3, 0.4) is 0 Å². The number of aromatic nitrogens is 4. The highest BCUT2D eigenvalue weighted by Gasteiger charge is 2.34. The molecule has 122 valence electrons. The van der Waals surface area contributed by atoms with Crippen LogP contribution < -0.4 is 5.32 Å². The number of nitrogens with zero attached hydrogens (tertiary/aromatic N) is 4. The van der Waals surface area contributed by atoms with Gasteiger partial charge in [0.25, 0.3) is 0 Å². The highest BCUT2D eigenvalue weighted by molar-refractivity contribution is 5.20. The predicted molar refractivity (Wildman–Crippen MR) is 76.1 cm³/mol. The molecule has 0 aliphatic rings. The summed E-state index contributed by atoms with van der Waals surface area (Å²) in [7, 11) is 1.51. The molecule has 2 rings (SSSR count). The van der Waals surface area contributed by atoms with Crippen molar-refractivity contribution < 1.29 is 13.2 Å². The molecule has 2 aromatic rings. The zero-order chi connectivity index (χ0) is 16.5. The van der Waals surface area contributed by atoms with Gasteiger partial charge < -0.3 is 5.32 Å². The second-order valence-corrected chi connectivity index (χ2v) is 5.27. The lowest BCUT2D eigenvalue weighted by Crippen LogP contribution is -2.20. The molecule has 0 radical (unpaired) electrons. The van der Waals surface area contributed by atoms with Crippen LogP contribution in [0.4, 0.5) is 13.2 Å². The van der Waals surface area contributed by atoms with Crippen molar-refractivity contribution in [1.82, 2.24) is 24.9 Å². The van der Waals surface area contributed by atoms with Gasteiger partial charge in [0.05, 0.1) is 11.4 Å². The average molecular weight is 315 g/mol. The summed E-state index contributed by atoms with van der Waals surface area (Å²) in [6.07, 6.45) is -2.46. The van der Waals surface area contributed by atoms with Crippen LogP contribution in [0, 0.1) is 6.92 Å². The van der Waals surface area contributed by atoms with Gasteiger partial charge in [0, 0.05) is 37.9 Å². The fourth-order valence-electron chi connectivity index (χ4n) is 2.30. The van der Waals surface area contributed by atoms with Crippen molar-refractivity contribution in [2.24, 2.45) is 7.05 Å². The zero-order valence-corrected chi connectivity index (χ0v) is 13.1. The molecule has 1 unspecified atom stereocenters. The van der Waals surface area contributed by atoms with Crippen LogP contribution in [-0.4, -0.2) is 19.6 Å². The minimum Gasteiger partial charge on any atom is -0.304 e. The third kappa shape index (κ3) is 3.49. The van der Waals surface area contributed by atoms with E-state index in [2.05, 4.69) is 15.5 Å². The Morgan fingerprint density at radius 2 is 2.00 bits per heavy atom. The first-order valence-corrected chi connectivity index (χ1v) is 7.09. The van der Waals surface area contributed by atoms with Gasteiger partial charge in [-0.05, 0) is 26.8 Å². The molecule has 8 heteroatoms. The van der Waals surface area contributed by atoms with Gasteiger partial charge in [-0.1, -0.05) is 0 Å². The van der Waals surface area contributed by atoms with Gasteiger partial charge in [0.15, 0.2) is 5.69 Å². The summed E-state index contributed by atoms with van der Waals surface area (Å²) in [6, 6.07) is 1.06. The van der Waals surface area contributed by atoms with Crippen LogP contribution in [-0.2, 0) is 26.3 Å². The molecule has 1 atom stereocenters. The Morgan fingerprint density at radius 3 is 2.50 bits per heavy atom. The highest BCUT2D eigenvalue weighted by Crippen LogP contribution is 2.28. The van der Waals surface area contributed by atoms with Gasteiger partial charge in [-0.25, -0.2) is 0 Å². The van der Waals surface area contributed by atoms with E-state index in [0.29, 0.717) is 12.2 Å². The minimum atomic E-state index is -4.42. The van der Waals surface area contributed by atoms with E-state index in [1.54, 1.807) is 0 Å². The second kappa shape index (κ2) is 6.12. The Labute approximate surface area is 127 Å². The monoisotopic (exact) mass is 315 g/mol. The molecule has 0 aromatic carbocycles. The molecule has 0 spiro atoms. The molecule has 1 N–H and O–H groups in total. The number of alkyl halides is 3. The number of nitrogens with one attached hydrogen (secondary N) is 1. The molecule has 0 amide bonds. The molecule has 22 heavy (non-hydrogen) atoms. The highest BCUT2D eigenvalue weighted by atomic mass is 19.4. The molecule has 0 saturated carbocycles. The van der Waals surface area contributed by atoms with Gasteiger partial charge in [-0.2, -0.15) is 23.4 Å². The summed E-state index contributed by atoms with van der Waals surface area (Å²) in [5.74, 6) is 0. The van der Waals surface area contributed by atoms with Crippen molar-refractivity contribution in [2.75, 3.05) is 0 Å². The SMILES string of the molecule is CCn1cc(C(C)NCc2cc(C(F)(F)F)nn2C)c(C)n1. The predicted octanol–water partition coefficient (Wildman–Crippen LogP) is 2.81. The van der Waals surface area contributed by atoms with Crippen LogP contribution >= 0.6 is 0 Å². The smallest absolute Gasteiger partial charge is 0.304 e. The molecular formula is C14H20F3N5. The van der Waals surface area contributed by atoms with E-state index in [0.717, 1.165) is 23.9 Å². The Balaban J connectivity index is 2.06. The summed E-state index contributed by atoms with van der Waals surface area (Å²) in [5, 5.41) is 11.1. The maximum Gasteiger partial charge on any atom is 0.435 e. The fourth-order valence-corrected chi connectivity index (χ4v) is 2.30. The van der Waals surface area contributed by atoms with Crippen LogP contribution in [0.15, 0.2) is 12.3 Å². The summed E-state index contributed by atoms with van der Waals surface area (Å²) in [5.41, 5.74) is 1.58. The normalized spacial score (nSPS) is 13.6. The van der Waals surface area contributed by atoms with Crippen molar-refractivity contribution in [3.05, 3.63) is 34.9 Å². The topological polar surface area (TPSA) is 47.7 Å². The van der Waals surface area contributed by atoms with Crippen LogP contribution in [0.1, 0.15) is 42.5 Å². The van der Waals surface area contributed by atoms with E-state index < -0.39 is 11.9 Å². The lowest BCUT2D eigenvalue weighted by atomic mass is 10.1. The number of aryl methyl sites for hydroxylation is 3. The van der Waals surface area contributed by atoms with Gasteiger partial charge in [-0.15, -0.1) is 0 Å². The van der Waals surface area contributed by atoms with Crippen molar-refractivity contribution in [1.29, 1.82) is 0 Å². The molecule has 0 aliphatic heterocycles. The maximum absolute atomic E-state index is 12.6. The van der Waals surface area contributed by atoms with Crippen molar-refractivity contribution in [3.63, 3.8) is 0 Å². The Bertz CT molecular complexity index is 641. The summed E-state index contributed by atoms with van der Waals surface area (Å²) >= 11 is 0. The lowest BCUT2D eigenvalue weighted by Gasteiger charge is -2.13. The Morgan fingerprint density at radius 1 is 1.32 bits per heavy atom. The molecule has 0 aliphatic carbocycles. The number of hydrogen-bond donors (Lipinski definition) is 1. The standard InChI is InChI=1S/C14H20F3N5/c1-5-22-8-12(10(3)19-22)9(2)18-7-11-6-13(14(15,16)17)20-21(11)4/h6,8-9,18H,5,7H2,1-4H3. The van der Waals surface area contributed by atoms with Gasteiger partial charge in [-0.3, -0.25) is 9.36 Å². The first-order valence-electron chi connectivity index (χ1n) is 7.09. The molecule has 0 bridgehead atoms. The van der Waals surface area contributed by atoms with E-state index in [4.69, 9.17) is 0 Å². The van der Waals surface area contributed by atoms with Crippen molar-refractivity contribution >= 4 is 0 Å². The van der Waals surface area contributed by atoms with Crippen LogP contribution in [0.25, 0.3) is 0 Å². The van der Waals surface area contributed by atoms with E-state index in [9.17, 15) is 13.2 Å². The Hall–Kier alpha value is -1.83. The summed E-state index contributed by atoms with van der Waals surface area (Å²) in [4.78, 5) is 0. The molecule has 2 aromatic heterocycles. The summed E-state index contributed by atoms with van der Waals surface area (Å²) in [6.45, 7) is 6.97. The first kappa shape index (κ1) is 16.5. The largest absolute Gasteiger partial charge is 0.435 e. The quantitative estimate of drug-likeness (QED) is 0.923. The van der Waals surface area contributed by atoms with Crippen molar-refractivity contribution in [3.8, 4) is 0 Å². The third-order valence-electron chi connectivity index (χ3n) is 3.63. The third-order valence-corrected chi connectivity index (χ3v) is 3.63. The second-order valence-electron chi connectivity index (χ2n) is 5.27. The van der Waals surface area contributed by atoms with Gasteiger partial charge in [0.2, 0.25) is 0 Å². The maximum atomic E-state index is 12.6. The van der Waals surface area contributed by atoms with E-state index >= 15 is 0 Å². The summed E-state index contributed by atoms with van der Waals surface area (Å²) < 4.78 is 41.0. The van der Waals surface area contributed by atoms with E-state index in [-0.39, 0.29) is 6.04 Å². The molecule has 5 nitrogen and oxygen atoms in total. The minimum absolute atomic E-state index is 0.00969. The lowest BCUT2D eigenvalue weighted by molar-refractivity contribution is -0.141. The van der Waals surface area contributed by atoms with Crippen LogP contribution in [0.5, 0.6) is 0 Å². The van der Waals surface area contributed by atoms with E-state index in [1.807, 2.05) is 31.6 Å². The number of rotatable bonds is 5. The average Bonchev–Trinajstić information content (AvgIpc) is 2.99. The zero-order valence-electron chi connectivity index (χ0n) is 13.1. The number of hydrogen-bond acceptors (Lipinski definition) is 3. The number of halogens is 3. The van der Waals surface area contributed by atoms with Crippen LogP contribution in [0.2, 0.25) is 0 Å². The van der Waals surface area contributed by atoms with Gasteiger partial charge >= 0.3 is 6.18 Å².